The molecular formula is C7H7NOS. The van der Waals surface area contributed by atoms with Gasteiger partial charge in [0.15, 0.2) is 0 Å². The monoisotopic (exact) mass is 153 g/mol. The molecule has 0 saturated carbocycles. The fraction of sp³-hybridized carbons (Fsp3) is 0.429. The highest BCUT2D eigenvalue weighted by atomic mass is 32.1. The fourth-order valence-electron chi connectivity index (χ4n) is 1.38. The Kier molecular flexibility index (Phi) is 1.31. The quantitative estimate of drug-likeness (QED) is 0.570. The molecule has 1 aliphatic rings. The second-order valence-corrected chi connectivity index (χ2v) is 3.46. The molecule has 0 aromatic carbocycles. The Bertz CT molecular complexity index is 256. The molecule has 1 aromatic rings. The van der Waals surface area contributed by atoms with E-state index in [1.807, 2.05) is 11.4 Å². The average Bonchev–Trinajstić information content (AvgIpc) is 2.44. The molecule has 0 amide bonds. The first-order valence-electron chi connectivity index (χ1n) is 3.30. The minimum Gasteiger partial charge on any atom is -0.150 e. The Hall–Kier alpha value is -0.700. The van der Waals surface area contributed by atoms with Gasteiger partial charge in [-0.3, -0.25) is 0 Å². The maximum atomic E-state index is 10.2. The van der Waals surface area contributed by atoms with Gasteiger partial charge in [0.1, 0.15) is 6.04 Å². The number of aryl methyl sites for hydroxylation is 1. The van der Waals surface area contributed by atoms with E-state index in [0.29, 0.717) is 0 Å². The van der Waals surface area contributed by atoms with Gasteiger partial charge in [0.25, 0.3) is 0 Å². The van der Waals surface area contributed by atoms with E-state index in [2.05, 4.69) is 5.18 Å². The number of fused-ring (bicyclic) bond motifs is 1. The van der Waals surface area contributed by atoms with Crippen LogP contribution in [0.3, 0.4) is 0 Å². The summed E-state index contributed by atoms with van der Waals surface area (Å²) in [6.45, 7) is 0. The number of thiophene rings is 1. The lowest BCUT2D eigenvalue weighted by molar-refractivity contribution is 0.710. The lowest BCUT2D eigenvalue weighted by atomic mass is 10.2. The molecule has 0 bridgehead atoms. The van der Waals surface area contributed by atoms with Crippen LogP contribution in [0.4, 0.5) is 0 Å². The van der Waals surface area contributed by atoms with Crippen molar-refractivity contribution in [3.05, 3.63) is 26.8 Å². The van der Waals surface area contributed by atoms with Crippen molar-refractivity contribution in [3.8, 4) is 0 Å². The molecule has 1 unspecified atom stereocenters. The van der Waals surface area contributed by atoms with Gasteiger partial charge in [-0.05, 0) is 29.9 Å². The molecule has 52 valence electrons. The van der Waals surface area contributed by atoms with E-state index in [1.54, 1.807) is 11.3 Å². The molecule has 2 rings (SSSR count). The van der Waals surface area contributed by atoms with Crippen molar-refractivity contribution in [2.45, 2.75) is 18.9 Å². The van der Waals surface area contributed by atoms with E-state index in [0.717, 1.165) is 12.8 Å². The zero-order valence-corrected chi connectivity index (χ0v) is 6.23. The highest BCUT2D eigenvalue weighted by Crippen LogP contribution is 2.36. The van der Waals surface area contributed by atoms with Crippen LogP contribution in [-0.4, -0.2) is 0 Å². The van der Waals surface area contributed by atoms with Gasteiger partial charge in [0.2, 0.25) is 0 Å². The van der Waals surface area contributed by atoms with Crippen molar-refractivity contribution in [2.24, 2.45) is 5.18 Å². The van der Waals surface area contributed by atoms with Crippen molar-refractivity contribution in [2.75, 3.05) is 0 Å². The number of rotatable bonds is 1. The first-order chi connectivity index (χ1) is 4.92. The van der Waals surface area contributed by atoms with Crippen molar-refractivity contribution in [1.29, 1.82) is 0 Å². The molecule has 0 N–H and O–H groups in total. The predicted octanol–water partition coefficient (Wildman–Crippen LogP) is 2.50. The zero-order valence-electron chi connectivity index (χ0n) is 5.41. The molecule has 0 aliphatic heterocycles. The summed E-state index contributed by atoms with van der Waals surface area (Å²) in [4.78, 5) is 11.6. The fourth-order valence-corrected chi connectivity index (χ4v) is 2.34. The summed E-state index contributed by atoms with van der Waals surface area (Å²) in [5.41, 5.74) is 1.17. The molecular weight excluding hydrogens is 146 g/mol. The second kappa shape index (κ2) is 2.16. The maximum Gasteiger partial charge on any atom is 0.118 e. The van der Waals surface area contributed by atoms with Crippen LogP contribution >= 0.6 is 11.3 Å². The minimum atomic E-state index is -0.0405. The lowest BCUT2D eigenvalue weighted by Crippen LogP contribution is -1.83. The summed E-state index contributed by atoms with van der Waals surface area (Å²) in [6, 6.07) is 1.97. The van der Waals surface area contributed by atoms with Crippen LogP contribution in [-0.2, 0) is 6.42 Å². The van der Waals surface area contributed by atoms with Crippen molar-refractivity contribution in [3.63, 3.8) is 0 Å². The Morgan fingerprint density at radius 1 is 1.70 bits per heavy atom. The van der Waals surface area contributed by atoms with Gasteiger partial charge in [-0.15, -0.1) is 11.3 Å². The van der Waals surface area contributed by atoms with Gasteiger partial charge in [-0.1, -0.05) is 5.18 Å². The van der Waals surface area contributed by atoms with Gasteiger partial charge in [-0.25, -0.2) is 0 Å². The molecule has 0 fully saturated rings. The molecule has 3 heteroatoms. The maximum absolute atomic E-state index is 10.2. The van der Waals surface area contributed by atoms with Crippen LogP contribution in [0.2, 0.25) is 0 Å². The van der Waals surface area contributed by atoms with Crippen LogP contribution in [0, 0.1) is 4.91 Å². The van der Waals surface area contributed by atoms with E-state index in [-0.39, 0.29) is 6.04 Å². The van der Waals surface area contributed by atoms with Crippen molar-refractivity contribution in [1.82, 2.24) is 0 Å². The Morgan fingerprint density at radius 3 is 3.40 bits per heavy atom. The van der Waals surface area contributed by atoms with Crippen molar-refractivity contribution >= 4 is 11.3 Å². The summed E-state index contributed by atoms with van der Waals surface area (Å²) in [5.74, 6) is 0. The molecule has 0 saturated heterocycles. The third-order valence-electron chi connectivity index (χ3n) is 1.91. The Labute approximate surface area is 62.9 Å². The number of hydrogen-bond donors (Lipinski definition) is 0. The summed E-state index contributed by atoms with van der Waals surface area (Å²) < 4.78 is 0. The standard InChI is InChI=1S/C7H7NOS/c9-8-6-1-2-7-5(6)3-4-10-7/h3-4,6H,1-2H2. The highest BCUT2D eigenvalue weighted by molar-refractivity contribution is 7.10. The largest absolute Gasteiger partial charge is 0.150 e. The molecule has 1 aliphatic carbocycles. The normalized spacial score (nSPS) is 22.6. The molecule has 10 heavy (non-hydrogen) atoms. The molecule has 2 nitrogen and oxygen atoms in total. The topological polar surface area (TPSA) is 29.4 Å². The first-order valence-corrected chi connectivity index (χ1v) is 4.18. The van der Waals surface area contributed by atoms with Crippen molar-refractivity contribution < 1.29 is 0 Å². The summed E-state index contributed by atoms with van der Waals surface area (Å²) in [5, 5.41) is 5.09. The van der Waals surface area contributed by atoms with Crippen LogP contribution in [0.25, 0.3) is 0 Å². The van der Waals surface area contributed by atoms with E-state index in [9.17, 15) is 4.91 Å². The van der Waals surface area contributed by atoms with Gasteiger partial charge < -0.3 is 0 Å². The SMILES string of the molecule is O=NC1CCc2sccc21. The van der Waals surface area contributed by atoms with Crippen LogP contribution in [0.5, 0.6) is 0 Å². The summed E-state index contributed by atoms with van der Waals surface area (Å²) in [6.07, 6.45) is 1.97. The minimum absolute atomic E-state index is 0.0405. The van der Waals surface area contributed by atoms with Gasteiger partial charge >= 0.3 is 0 Å². The van der Waals surface area contributed by atoms with E-state index < -0.39 is 0 Å². The van der Waals surface area contributed by atoms with Crippen LogP contribution in [0.15, 0.2) is 16.6 Å². The average molecular weight is 153 g/mol. The third-order valence-corrected chi connectivity index (χ3v) is 2.91. The third kappa shape index (κ3) is 0.703. The number of hydrogen-bond acceptors (Lipinski definition) is 3. The van der Waals surface area contributed by atoms with Gasteiger partial charge in [0, 0.05) is 4.88 Å². The smallest absolute Gasteiger partial charge is 0.118 e. The first kappa shape index (κ1) is 6.04. The highest BCUT2D eigenvalue weighted by Gasteiger charge is 2.23. The van der Waals surface area contributed by atoms with Crippen LogP contribution < -0.4 is 0 Å². The number of nitroso groups, excluding NO2 is 1. The molecule has 1 atom stereocenters. The Balaban J connectivity index is 2.43. The zero-order chi connectivity index (χ0) is 6.97. The van der Waals surface area contributed by atoms with E-state index in [4.69, 9.17) is 0 Å². The second-order valence-electron chi connectivity index (χ2n) is 2.46. The molecule has 0 radical (unpaired) electrons. The molecule has 1 heterocycles. The summed E-state index contributed by atoms with van der Waals surface area (Å²) >= 11 is 1.73. The van der Waals surface area contributed by atoms with E-state index in [1.165, 1.54) is 10.4 Å². The van der Waals surface area contributed by atoms with E-state index >= 15 is 0 Å². The van der Waals surface area contributed by atoms with Gasteiger partial charge in [0.05, 0.1) is 0 Å². The molecule has 1 aromatic heterocycles. The predicted molar refractivity (Wildman–Crippen MR) is 41.2 cm³/mol. The Morgan fingerprint density at radius 2 is 2.60 bits per heavy atom. The van der Waals surface area contributed by atoms with Crippen LogP contribution in [0.1, 0.15) is 22.9 Å². The molecule has 0 spiro atoms. The van der Waals surface area contributed by atoms with Gasteiger partial charge in [-0.2, -0.15) is 4.91 Å². The number of nitrogens with zero attached hydrogens (tertiary/aromatic N) is 1. The lowest BCUT2D eigenvalue weighted by Gasteiger charge is -1.93. The summed E-state index contributed by atoms with van der Waals surface area (Å²) in [7, 11) is 0.